The summed E-state index contributed by atoms with van der Waals surface area (Å²) in [6.45, 7) is 1.92. The third kappa shape index (κ3) is 3.69. The predicted octanol–water partition coefficient (Wildman–Crippen LogP) is 3.15. The van der Waals surface area contributed by atoms with E-state index < -0.39 is 11.8 Å². The Bertz CT molecular complexity index is 425. The van der Waals surface area contributed by atoms with Gasteiger partial charge < -0.3 is 10.2 Å². The van der Waals surface area contributed by atoms with Gasteiger partial charge in [0.15, 0.2) is 5.82 Å². The van der Waals surface area contributed by atoms with E-state index >= 15 is 0 Å². The van der Waals surface area contributed by atoms with Gasteiger partial charge in [-0.1, -0.05) is 6.92 Å². The number of carbonyl (C=O) groups is 1. The van der Waals surface area contributed by atoms with E-state index in [4.69, 9.17) is 10.2 Å². The van der Waals surface area contributed by atoms with Crippen molar-refractivity contribution in [2.45, 2.75) is 23.5 Å². The summed E-state index contributed by atoms with van der Waals surface area (Å²) < 4.78 is 13.8. The van der Waals surface area contributed by atoms with Crippen LogP contribution in [0.3, 0.4) is 0 Å². The molecule has 0 fully saturated rings. The van der Waals surface area contributed by atoms with Gasteiger partial charge in [0.1, 0.15) is 0 Å². The first kappa shape index (κ1) is 14.5. The fourth-order valence-corrected chi connectivity index (χ4v) is 2.90. The number of benzene rings is 1. The third-order valence-corrected chi connectivity index (χ3v) is 4.12. The Balaban J connectivity index is 2.96. The van der Waals surface area contributed by atoms with Gasteiger partial charge in [0.25, 0.3) is 0 Å². The summed E-state index contributed by atoms with van der Waals surface area (Å²) in [5.74, 6) is -1.74. The van der Waals surface area contributed by atoms with Gasteiger partial charge in [0.2, 0.25) is 0 Å². The molecule has 0 saturated carbocycles. The van der Waals surface area contributed by atoms with Crippen molar-refractivity contribution in [3.05, 3.63) is 28.0 Å². The molecule has 0 radical (unpaired) electrons. The minimum Gasteiger partial charge on any atom is -0.478 e. The SMILES string of the molecule is CC(CCO)Sc1ccc(C(=O)O)c(Br)c1F. The quantitative estimate of drug-likeness (QED) is 0.818. The first-order valence-corrected chi connectivity index (χ1v) is 6.63. The van der Waals surface area contributed by atoms with Crippen LogP contribution in [0.2, 0.25) is 0 Å². The second-order valence-corrected chi connectivity index (χ2v) is 5.76. The van der Waals surface area contributed by atoms with Crippen LogP contribution in [-0.4, -0.2) is 28.0 Å². The predicted molar refractivity (Wildman–Crippen MR) is 68.1 cm³/mol. The molecule has 0 aliphatic rings. The molecule has 0 amide bonds. The lowest BCUT2D eigenvalue weighted by Gasteiger charge is -2.11. The van der Waals surface area contributed by atoms with Crippen LogP contribution in [0.15, 0.2) is 21.5 Å². The minimum absolute atomic E-state index is 0.0359. The lowest BCUT2D eigenvalue weighted by molar-refractivity contribution is 0.0695. The van der Waals surface area contributed by atoms with Crippen LogP contribution in [0.25, 0.3) is 0 Å². The molecule has 0 aromatic heterocycles. The zero-order valence-corrected chi connectivity index (χ0v) is 11.5. The van der Waals surface area contributed by atoms with E-state index in [1.54, 1.807) is 0 Å². The molecule has 0 heterocycles. The van der Waals surface area contributed by atoms with E-state index in [0.717, 1.165) is 0 Å². The molecule has 6 heteroatoms. The Labute approximate surface area is 111 Å². The van der Waals surface area contributed by atoms with Gasteiger partial charge in [-0.15, -0.1) is 11.8 Å². The van der Waals surface area contributed by atoms with Crippen LogP contribution in [0.5, 0.6) is 0 Å². The van der Waals surface area contributed by atoms with Gasteiger partial charge in [-0.3, -0.25) is 0 Å². The standard InChI is InChI=1S/C11H12BrFO3S/c1-6(4-5-14)17-8-3-2-7(11(15)16)9(12)10(8)13/h2-3,6,14H,4-5H2,1H3,(H,15,16). The van der Waals surface area contributed by atoms with Gasteiger partial charge in [-0.25, -0.2) is 9.18 Å². The molecular weight excluding hydrogens is 311 g/mol. The maximum atomic E-state index is 13.8. The number of hydrogen-bond acceptors (Lipinski definition) is 3. The lowest BCUT2D eigenvalue weighted by Crippen LogP contribution is -2.03. The highest BCUT2D eigenvalue weighted by atomic mass is 79.9. The number of rotatable bonds is 5. The molecule has 0 saturated heterocycles. The molecule has 2 N–H and O–H groups in total. The summed E-state index contributed by atoms with van der Waals surface area (Å²) in [5.41, 5.74) is -0.0957. The van der Waals surface area contributed by atoms with Crippen molar-refractivity contribution in [3.8, 4) is 0 Å². The average molecular weight is 323 g/mol. The van der Waals surface area contributed by atoms with Gasteiger partial charge in [0.05, 0.1) is 10.0 Å². The Kier molecular flexibility index (Phi) is 5.42. The van der Waals surface area contributed by atoms with Crippen molar-refractivity contribution in [1.82, 2.24) is 0 Å². The van der Waals surface area contributed by atoms with Crippen molar-refractivity contribution in [2.75, 3.05) is 6.61 Å². The summed E-state index contributed by atoms with van der Waals surface area (Å²) in [7, 11) is 0. The molecule has 0 aliphatic heterocycles. The zero-order chi connectivity index (χ0) is 13.0. The summed E-state index contributed by atoms with van der Waals surface area (Å²) in [6.07, 6.45) is 0.558. The topological polar surface area (TPSA) is 57.5 Å². The Morgan fingerprint density at radius 1 is 1.59 bits per heavy atom. The summed E-state index contributed by atoms with van der Waals surface area (Å²) in [4.78, 5) is 11.2. The second-order valence-electron chi connectivity index (χ2n) is 3.49. The van der Waals surface area contributed by atoms with Gasteiger partial charge in [0, 0.05) is 16.8 Å². The van der Waals surface area contributed by atoms with Crippen LogP contribution in [0.4, 0.5) is 4.39 Å². The fourth-order valence-electron chi connectivity index (χ4n) is 1.25. The number of carboxylic acids is 1. The number of aliphatic hydroxyl groups excluding tert-OH is 1. The van der Waals surface area contributed by atoms with Crippen molar-refractivity contribution in [3.63, 3.8) is 0 Å². The van der Waals surface area contributed by atoms with E-state index in [0.29, 0.717) is 11.3 Å². The highest BCUT2D eigenvalue weighted by Crippen LogP contribution is 2.33. The van der Waals surface area contributed by atoms with Gasteiger partial charge in [-0.2, -0.15) is 0 Å². The number of aromatic carboxylic acids is 1. The smallest absolute Gasteiger partial charge is 0.336 e. The number of carboxylic acid groups (broad SMARTS) is 1. The van der Waals surface area contributed by atoms with E-state index in [9.17, 15) is 9.18 Å². The summed E-state index contributed by atoms with van der Waals surface area (Å²) >= 11 is 4.21. The summed E-state index contributed by atoms with van der Waals surface area (Å²) in [6, 6.07) is 2.81. The van der Waals surface area contributed by atoms with Gasteiger partial charge in [-0.05, 0) is 34.5 Å². The molecule has 0 spiro atoms. The number of aliphatic hydroxyl groups is 1. The minimum atomic E-state index is -1.17. The van der Waals surface area contributed by atoms with Crippen LogP contribution >= 0.6 is 27.7 Å². The van der Waals surface area contributed by atoms with Gasteiger partial charge >= 0.3 is 5.97 Å². The van der Waals surface area contributed by atoms with Crippen molar-refractivity contribution in [1.29, 1.82) is 0 Å². The highest BCUT2D eigenvalue weighted by Gasteiger charge is 2.17. The van der Waals surface area contributed by atoms with Crippen LogP contribution in [0.1, 0.15) is 23.7 Å². The molecular formula is C11H12BrFO3S. The van der Waals surface area contributed by atoms with Crippen LogP contribution in [-0.2, 0) is 0 Å². The maximum Gasteiger partial charge on any atom is 0.336 e. The monoisotopic (exact) mass is 322 g/mol. The molecule has 1 aromatic rings. The highest BCUT2D eigenvalue weighted by molar-refractivity contribution is 9.10. The molecule has 1 atom stereocenters. The molecule has 1 aromatic carbocycles. The molecule has 1 rings (SSSR count). The second kappa shape index (κ2) is 6.37. The molecule has 0 aliphatic carbocycles. The van der Waals surface area contributed by atoms with E-state index in [1.807, 2.05) is 6.92 Å². The molecule has 0 bridgehead atoms. The number of hydrogen-bond donors (Lipinski definition) is 2. The fraction of sp³-hybridized carbons (Fsp3) is 0.364. The van der Waals surface area contributed by atoms with Crippen molar-refractivity contribution < 1.29 is 19.4 Å². The van der Waals surface area contributed by atoms with Crippen LogP contribution in [0, 0.1) is 5.82 Å². The third-order valence-electron chi connectivity index (χ3n) is 2.14. The first-order chi connectivity index (χ1) is 7.97. The van der Waals surface area contributed by atoms with E-state index in [1.165, 1.54) is 23.9 Å². The molecule has 3 nitrogen and oxygen atoms in total. The summed E-state index contributed by atoms with van der Waals surface area (Å²) in [5, 5.41) is 17.6. The average Bonchev–Trinajstić information content (AvgIpc) is 2.25. The Morgan fingerprint density at radius 3 is 2.76 bits per heavy atom. The lowest BCUT2D eigenvalue weighted by atomic mass is 10.2. The first-order valence-electron chi connectivity index (χ1n) is 4.96. The maximum absolute atomic E-state index is 13.8. The largest absolute Gasteiger partial charge is 0.478 e. The van der Waals surface area contributed by atoms with Crippen molar-refractivity contribution in [2.24, 2.45) is 0 Å². The molecule has 94 valence electrons. The number of halogens is 2. The molecule has 1 unspecified atom stereocenters. The van der Waals surface area contributed by atoms with E-state index in [-0.39, 0.29) is 21.9 Å². The number of thioether (sulfide) groups is 1. The van der Waals surface area contributed by atoms with Crippen LogP contribution < -0.4 is 0 Å². The zero-order valence-electron chi connectivity index (χ0n) is 9.11. The van der Waals surface area contributed by atoms with E-state index in [2.05, 4.69) is 15.9 Å². The Morgan fingerprint density at radius 2 is 2.24 bits per heavy atom. The molecule has 17 heavy (non-hydrogen) atoms. The normalized spacial score (nSPS) is 12.5. The van der Waals surface area contributed by atoms with Crippen molar-refractivity contribution >= 4 is 33.7 Å². The Hall–Kier alpha value is -0.590.